The predicted octanol–water partition coefficient (Wildman–Crippen LogP) is 1.70. The lowest BCUT2D eigenvalue weighted by molar-refractivity contribution is 0.174. The van der Waals surface area contributed by atoms with Gasteiger partial charge in [0.1, 0.15) is 5.75 Å². The van der Waals surface area contributed by atoms with Crippen molar-refractivity contribution in [1.82, 2.24) is 4.90 Å². The minimum Gasteiger partial charge on any atom is -0.491 e. The van der Waals surface area contributed by atoms with Crippen LogP contribution >= 0.6 is 0 Å². The topological polar surface area (TPSA) is 41.7 Å². The molecule has 0 saturated carbocycles. The molecule has 20 heavy (non-hydrogen) atoms. The first-order chi connectivity index (χ1) is 9.75. The number of likely N-dealkylation sites (N-methyl/N-ethyl adjacent to an activating group) is 1. The van der Waals surface area contributed by atoms with Crippen molar-refractivity contribution in [3.63, 3.8) is 0 Å². The van der Waals surface area contributed by atoms with Crippen molar-refractivity contribution < 1.29 is 4.74 Å². The zero-order valence-corrected chi connectivity index (χ0v) is 12.3. The van der Waals surface area contributed by atoms with Gasteiger partial charge in [0, 0.05) is 19.6 Å². The third kappa shape index (κ3) is 2.38. The summed E-state index contributed by atoms with van der Waals surface area (Å²) in [6.45, 7) is 4.74. The molecule has 0 radical (unpaired) electrons. The molecule has 2 aliphatic heterocycles. The maximum atomic E-state index is 6.23. The van der Waals surface area contributed by atoms with Gasteiger partial charge in [0.2, 0.25) is 0 Å². The van der Waals surface area contributed by atoms with Gasteiger partial charge in [-0.05, 0) is 45.0 Å². The van der Waals surface area contributed by atoms with Crippen LogP contribution in [0.3, 0.4) is 0 Å². The fraction of sp³-hybridized carbons (Fsp3) is 0.625. The van der Waals surface area contributed by atoms with Gasteiger partial charge in [-0.3, -0.25) is 0 Å². The number of anilines is 1. The number of nitrogens with zero attached hydrogens (tertiary/aromatic N) is 2. The zero-order chi connectivity index (χ0) is 14.0. The van der Waals surface area contributed by atoms with Crippen LogP contribution in [0.4, 0.5) is 5.69 Å². The van der Waals surface area contributed by atoms with Crippen molar-refractivity contribution in [2.45, 2.75) is 24.8 Å². The Morgan fingerprint density at radius 1 is 1.25 bits per heavy atom. The van der Waals surface area contributed by atoms with Crippen LogP contribution in [0.15, 0.2) is 24.3 Å². The van der Waals surface area contributed by atoms with Crippen molar-refractivity contribution in [2.75, 3.05) is 44.7 Å². The summed E-state index contributed by atoms with van der Waals surface area (Å²) in [5, 5.41) is 0. The maximum absolute atomic E-state index is 6.23. The normalized spacial score (nSPS) is 27.6. The third-order valence-corrected chi connectivity index (χ3v) is 4.64. The maximum Gasteiger partial charge on any atom is 0.142 e. The minimum absolute atomic E-state index is 0.0524. The van der Waals surface area contributed by atoms with E-state index in [4.69, 9.17) is 10.5 Å². The molecule has 2 N–H and O–H groups in total. The van der Waals surface area contributed by atoms with Crippen LogP contribution < -0.4 is 15.4 Å². The number of nitrogens with two attached hydrogens (primary N) is 1. The van der Waals surface area contributed by atoms with E-state index in [0.717, 1.165) is 31.9 Å². The summed E-state index contributed by atoms with van der Waals surface area (Å²) in [7, 11) is 2.20. The third-order valence-electron chi connectivity index (χ3n) is 4.64. The van der Waals surface area contributed by atoms with Crippen LogP contribution in [0.5, 0.6) is 5.75 Å². The van der Waals surface area contributed by atoms with E-state index in [1.165, 1.54) is 25.1 Å². The standard InChI is InChI=1S/C16H25N3O/c1-18-9-4-8-16(12-17,13-18)19-10-5-11-20-15-7-3-2-6-14(15)19/h2-3,6-7H,4-5,8-13,17H2,1H3. The first kappa shape index (κ1) is 13.7. The van der Waals surface area contributed by atoms with Crippen LogP contribution in [0, 0.1) is 0 Å². The summed E-state index contributed by atoms with van der Waals surface area (Å²) in [4.78, 5) is 4.93. The molecule has 0 amide bonds. The summed E-state index contributed by atoms with van der Waals surface area (Å²) in [6, 6.07) is 8.39. The van der Waals surface area contributed by atoms with Crippen molar-refractivity contribution in [3.8, 4) is 5.75 Å². The smallest absolute Gasteiger partial charge is 0.142 e. The van der Waals surface area contributed by atoms with Gasteiger partial charge in [0.05, 0.1) is 17.8 Å². The molecule has 1 aromatic rings. The van der Waals surface area contributed by atoms with Crippen molar-refractivity contribution in [3.05, 3.63) is 24.3 Å². The summed E-state index contributed by atoms with van der Waals surface area (Å²) >= 11 is 0. The molecule has 1 fully saturated rings. The summed E-state index contributed by atoms with van der Waals surface area (Å²) in [5.41, 5.74) is 7.50. The van der Waals surface area contributed by atoms with E-state index in [-0.39, 0.29) is 5.54 Å². The molecule has 4 nitrogen and oxygen atoms in total. The monoisotopic (exact) mass is 275 g/mol. The van der Waals surface area contributed by atoms with Gasteiger partial charge < -0.3 is 20.3 Å². The highest BCUT2D eigenvalue weighted by Gasteiger charge is 2.40. The highest BCUT2D eigenvalue weighted by Crippen LogP contribution is 2.38. The Balaban J connectivity index is 1.98. The minimum atomic E-state index is 0.0524. The number of ether oxygens (including phenoxy) is 1. The Morgan fingerprint density at radius 3 is 2.90 bits per heavy atom. The van der Waals surface area contributed by atoms with Gasteiger partial charge in [0.15, 0.2) is 0 Å². The average Bonchev–Trinajstić information content (AvgIpc) is 2.70. The number of benzene rings is 1. The van der Waals surface area contributed by atoms with Gasteiger partial charge in [-0.2, -0.15) is 0 Å². The number of likely N-dealkylation sites (tertiary alicyclic amines) is 1. The molecule has 0 aromatic heterocycles. The van der Waals surface area contributed by atoms with Gasteiger partial charge in [-0.1, -0.05) is 12.1 Å². The van der Waals surface area contributed by atoms with Crippen LogP contribution in [0.2, 0.25) is 0 Å². The van der Waals surface area contributed by atoms with Crippen LogP contribution in [0.25, 0.3) is 0 Å². The van der Waals surface area contributed by atoms with E-state index >= 15 is 0 Å². The van der Waals surface area contributed by atoms with E-state index < -0.39 is 0 Å². The van der Waals surface area contributed by atoms with E-state index in [2.05, 4.69) is 35.0 Å². The molecular formula is C16H25N3O. The molecule has 2 aliphatic rings. The second-order valence-electron chi connectivity index (χ2n) is 6.09. The lowest BCUT2D eigenvalue weighted by Crippen LogP contribution is -2.62. The van der Waals surface area contributed by atoms with E-state index in [9.17, 15) is 0 Å². The first-order valence-corrected chi connectivity index (χ1v) is 7.63. The lowest BCUT2D eigenvalue weighted by Gasteiger charge is -2.49. The van der Waals surface area contributed by atoms with Crippen LogP contribution in [0.1, 0.15) is 19.3 Å². The molecule has 1 unspecified atom stereocenters. The van der Waals surface area contributed by atoms with Crippen molar-refractivity contribution in [2.24, 2.45) is 5.73 Å². The van der Waals surface area contributed by atoms with Crippen LogP contribution in [-0.2, 0) is 0 Å². The quantitative estimate of drug-likeness (QED) is 0.892. The molecule has 1 atom stereocenters. The van der Waals surface area contributed by atoms with Gasteiger partial charge >= 0.3 is 0 Å². The number of fused-ring (bicyclic) bond motifs is 1. The Bertz CT molecular complexity index is 465. The highest BCUT2D eigenvalue weighted by molar-refractivity contribution is 5.61. The Morgan fingerprint density at radius 2 is 2.10 bits per heavy atom. The molecule has 2 heterocycles. The average molecular weight is 275 g/mol. The fourth-order valence-electron chi connectivity index (χ4n) is 3.66. The largest absolute Gasteiger partial charge is 0.491 e. The first-order valence-electron chi connectivity index (χ1n) is 7.63. The van der Waals surface area contributed by atoms with E-state index in [1.54, 1.807) is 0 Å². The van der Waals surface area contributed by atoms with Crippen molar-refractivity contribution >= 4 is 5.69 Å². The highest BCUT2D eigenvalue weighted by atomic mass is 16.5. The molecule has 0 aliphatic carbocycles. The van der Waals surface area contributed by atoms with E-state index in [1.807, 2.05) is 6.07 Å². The number of hydrogen-bond acceptors (Lipinski definition) is 4. The Hall–Kier alpha value is -1.26. The van der Waals surface area contributed by atoms with E-state index in [0.29, 0.717) is 6.54 Å². The predicted molar refractivity (Wildman–Crippen MR) is 82.4 cm³/mol. The molecule has 1 aromatic carbocycles. The lowest BCUT2D eigenvalue weighted by atomic mass is 9.86. The summed E-state index contributed by atoms with van der Waals surface area (Å²) in [6.07, 6.45) is 3.44. The van der Waals surface area contributed by atoms with Gasteiger partial charge in [-0.25, -0.2) is 0 Å². The molecule has 3 rings (SSSR count). The Labute approximate surface area is 121 Å². The SMILES string of the molecule is CN1CCCC(CN)(N2CCCOc3ccccc32)C1. The molecule has 0 spiro atoms. The Kier molecular flexibility index (Phi) is 3.85. The molecular weight excluding hydrogens is 250 g/mol. The second kappa shape index (κ2) is 5.62. The number of rotatable bonds is 2. The van der Waals surface area contributed by atoms with Gasteiger partial charge in [0.25, 0.3) is 0 Å². The fourth-order valence-corrected chi connectivity index (χ4v) is 3.66. The second-order valence-corrected chi connectivity index (χ2v) is 6.09. The number of hydrogen-bond donors (Lipinski definition) is 1. The zero-order valence-electron chi connectivity index (χ0n) is 12.3. The van der Waals surface area contributed by atoms with Gasteiger partial charge in [-0.15, -0.1) is 0 Å². The number of piperidine rings is 1. The molecule has 4 heteroatoms. The van der Waals surface area contributed by atoms with Crippen LogP contribution in [-0.4, -0.2) is 50.3 Å². The summed E-state index contributed by atoms with van der Waals surface area (Å²) < 4.78 is 5.89. The molecule has 0 bridgehead atoms. The molecule has 110 valence electrons. The number of para-hydroxylation sites is 2. The summed E-state index contributed by atoms with van der Waals surface area (Å²) in [5.74, 6) is 1.01. The molecule has 1 saturated heterocycles. The van der Waals surface area contributed by atoms with Crippen molar-refractivity contribution in [1.29, 1.82) is 0 Å².